The molecule has 1 heterocycles. The van der Waals surface area contributed by atoms with Crippen LogP contribution in [0.2, 0.25) is 0 Å². The number of carbonyl (C=O) groups is 2. The summed E-state index contributed by atoms with van der Waals surface area (Å²) in [6.07, 6.45) is -1.10. The van der Waals surface area contributed by atoms with Crippen LogP contribution in [0.4, 0.5) is 0 Å². The number of aliphatic hydroxyl groups excluding tert-OH is 1. The number of carbonyl (C=O) groups excluding carboxylic acids is 2. The van der Waals surface area contributed by atoms with Crippen LogP contribution < -0.4 is 0 Å². The molecule has 0 bridgehead atoms. The SMILES string of the molecule is CO[C@@H](C(=O)N(C)C[C@H]1OCc2ccccc2-c2ccccc2C(=O)N([C@@H](C)CO)C[C@H]1C)c1ccccc1. The molecule has 1 aliphatic heterocycles. The number of ether oxygens (including phenoxy) is 2. The zero-order chi connectivity index (χ0) is 27.9. The van der Waals surface area contributed by atoms with E-state index in [1.807, 2.05) is 92.7 Å². The number of rotatable bonds is 7. The molecule has 0 radical (unpaired) electrons. The van der Waals surface area contributed by atoms with E-state index in [1.54, 1.807) is 16.8 Å². The number of aliphatic hydroxyl groups is 1. The van der Waals surface area contributed by atoms with E-state index in [1.165, 1.54) is 7.11 Å². The van der Waals surface area contributed by atoms with Gasteiger partial charge in [0.2, 0.25) is 0 Å². The molecule has 0 saturated carbocycles. The van der Waals surface area contributed by atoms with E-state index >= 15 is 0 Å². The number of hydrogen-bond donors (Lipinski definition) is 1. The number of hydrogen-bond acceptors (Lipinski definition) is 5. The molecule has 39 heavy (non-hydrogen) atoms. The van der Waals surface area contributed by atoms with Gasteiger partial charge >= 0.3 is 0 Å². The normalized spacial score (nSPS) is 19.3. The highest BCUT2D eigenvalue weighted by Crippen LogP contribution is 2.31. The van der Waals surface area contributed by atoms with Gasteiger partial charge in [0.1, 0.15) is 0 Å². The van der Waals surface area contributed by atoms with Gasteiger partial charge < -0.3 is 24.4 Å². The van der Waals surface area contributed by atoms with Gasteiger partial charge in [0.05, 0.1) is 25.4 Å². The van der Waals surface area contributed by atoms with E-state index in [4.69, 9.17) is 9.47 Å². The van der Waals surface area contributed by atoms with Crippen LogP contribution in [-0.4, -0.2) is 72.7 Å². The van der Waals surface area contributed by atoms with E-state index < -0.39 is 6.10 Å². The maximum Gasteiger partial charge on any atom is 0.256 e. The molecular weight excluding hydrogens is 492 g/mol. The Balaban J connectivity index is 1.68. The van der Waals surface area contributed by atoms with Gasteiger partial charge in [0.25, 0.3) is 11.8 Å². The van der Waals surface area contributed by atoms with Crippen molar-refractivity contribution in [1.82, 2.24) is 9.80 Å². The molecule has 0 aromatic heterocycles. The monoisotopic (exact) mass is 530 g/mol. The standard InChI is InChI=1S/C32H38N2O5/c1-22-18-34(23(2)20-35)31(36)28-17-11-10-16-27(28)26-15-9-8-14-25(26)21-39-29(22)19-33(3)32(37)30(38-4)24-12-6-5-7-13-24/h5-17,22-23,29-30,35H,18-21H2,1-4H3/t22-,23+,29-,30-/m1/s1. The van der Waals surface area contributed by atoms with Crippen LogP contribution in [0.5, 0.6) is 0 Å². The second-order valence-electron chi connectivity index (χ2n) is 10.3. The highest BCUT2D eigenvalue weighted by atomic mass is 16.5. The van der Waals surface area contributed by atoms with E-state index in [9.17, 15) is 14.7 Å². The molecule has 0 fully saturated rings. The lowest BCUT2D eigenvalue weighted by Crippen LogP contribution is -2.48. The lowest BCUT2D eigenvalue weighted by atomic mass is 9.94. The minimum absolute atomic E-state index is 0.131. The first kappa shape index (κ1) is 28.5. The molecule has 206 valence electrons. The molecule has 7 heteroatoms. The second-order valence-corrected chi connectivity index (χ2v) is 10.3. The van der Waals surface area contributed by atoms with Gasteiger partial charge in [-0.05, 0) is 35.2 Å². The van der Waals surface area contributed by atoms with Gasteiger partial charge in [-0.25, -0.2) is 0 Å². The molecule has 0 aliphatic carbocycles. The van der Waals surface area contributed by atoms with Crippen LogP contribution in [0.25, 0.3) is 11.1 Å². The van der Waals surface area contributed by atoms with Crippen LogP contribution in [0.3, 0.4) is 0 Å². The molecule has 0 spiro atoms. The van der Waals surface area contributed by atoms with Gasteiger partial charge in [-0.15, -0.1) is 0 Å². The third kappa shape index (κ3) is 6.38. The fourth-order valence-electron chi connectivity index (χ4n) is 5.12. The smallest absolute Gasteiger partial charge is 0.256 e. The summed E-state index contributed by atoms with van der Waals surface area (Å²) < 4.78 is 12.1. The number of nitrogens with zero attached hydrogens (tertiary/aromatic N) is 2. The van der Waals surface area contributed by atoms with E-state index in [0.29, 0.717) is 25.3 Å². The van der Waals surface area contributed by atoms with Gasteiger partial charge in [0.15, 0.2) is 6.10 Å². The Labute approximate surface area is 231 Å². The quantitative estimate of drug-likeness (QED) is 0.485. The Morgan fingerprint density at radius 1 is 1.03 bits per heavy atom. The summed E-state index contributed by atoms with van der Waals surface area (Å²) in [7, 11) is 3.28. The van der Waals surface area contributed by atoms with Crippen LogP contribution in [0, 0.1) is 5.92 Å². The maximum absolute atomic E-state index is 13.9. The number of benzene rings is 3. The Morgan fingerprint density at radius 2 is 1.64 bits per heavy atom. The highest BCUT2D eigenvalue weighted by Gasteiger charge is 2.32. The fourth-order valence-corrected chi connectivity index (χ4v) is 5.12. The molecule has 0 saturated heterocycles. The van der Waals surface area contributed by atoms with E-state index in [0.717, 1.165) is 22.3 Å². The third-order valence-electron chi connectivity index (χ3n) is 7.49. The van der Waals surface area contributed by atoms with Gasteiger partial charge in [-0.3, -0.25) is 9.59 Å². The van der Waals surface area contributed by atoms with Gasteiger partial charge in [-0.1, -0.05) is 79.7 Å². The summed E-state index contributed by atoms with van der Waals surface area (Å²) >= 11 is 0. The molecule has 3 aromatic rings. The topological polar surface area (TPSA) is 79.3 Å². The Hall–Kier alpha value is -3.52. The van der Waals surface area contributed by atoms with Crippen molar-refractivity contribution in [3.63, 3.8) is 0 Å². The Kier molecular flexibility index (Phi) is 9.51. The molecule has 7 nitrogen and oxygen atoms in total. The van der Waals surface area contributed by atoms with Crippen LogP contribution in [-0.2, 0) is 20.9 Å². The minimum Gasteiger partial charge on any atom is -0.394 e. The van der Waals surface area contributed by atoms with E-state index in [-0.39, 0.29) is 36.5 Å². The number of fused-ring (bicyclic) bond motifs is 3. The first-order valence-electron chi connectivity index (χ1n) is 13.4. The highest BCUT2D eigenvalue weighted by molar-refractivity contribution is 6.01. The molecular formula is C32H38N2O5. The van der Waals surface area contributed by atoms with Crippen LogP contribution in [0.1, 0.15) is 41.4 Å². The third-order valence-corrected chi connectivity index (χ3v) is 7.49. The fraction of sp³-hybridized carbons (Fsp3) is 0.375. The Morgan fingerprint density at radius 3 is 2.31 bits per heavy atom. The maximum atomic E-state index is 13.9. The van der Waals surface area contributed by atoms with Crippen molar-refractivity contribution in [3.05, 3.63) is 95.6 Å². The average Bonchev–Trinajstić information content (AvgIpc) is 2.99. The molecule has 4 rings (SSSR count). The summed E-state index contributed by atoms with van der Waals surface area (Å²) in [5.74, 6) is -0.436. The largest absolute Gasteiger partial charge is 0.394 e. The second kappa shape index (κ2) is 13.0. The van der Waals surface area contributed by atoms with Crippen LogP contribution >= 0.6 is 0 Å². The van der Waals surface area contributed by atoms with E-state index in [2.05, 4.69) is 0 Å². The van der Waals surface area contributed by atoms with Crippen LogP contribution in [0.15, 0.2) is 78.9 Å². The summed E-state index contributed by atoms with van der Waals surface area (Å²) in [6, 6.07) is 24.5. The number of methoxy groups -OCH3 is 1. The van der Waals surface area contributed by atoms with Gasteiger partial charge in [0, 0.05) is 38.7 Å². The molecule has 1 N–H and O–H groups in total. The van der Waals surface area contributed by atoms with Crippen molar-refractivity contribution in [1.29, 1.82) is 0 Å². The lowest BCUT2D eigenvalue weighted by molar-refractivity contribution is -0.143. The van der Waals surface area contributed by atoms with Crippen molar-refractivity contribution in [2.24, 2.45) is 5.92 Å². The summed E-state index contributed by atoms with van der Waals surface area (Å²) in [4.78, 5) is 30.8. The number of likely N-dealkylation sites (N-methyl/N-ethyl adjacent to an activating group) is 1. The average molecular weight is 531 g/mol. The van der Waals surface area contributed by atoms with Gasteiger partial charge in [-0.2, -0.15) is 0 Å². The summed E-state index contributed by atoms with van der Waals surface area (Å²) in [5, 5.41) is 10.0. The zero-order valence-electron chi connectivity index (χ0n) is 23.1. The predicted octanol–water partition coefficient (Wildman–Crippen LogP) is 4.56. The number of amides is 2. The minimum atomic E-state index is -0.725. The summed E-state index contributed by atoms with van der Waals surface area (Å²) in [5.41, 5.74) is 4.11. The van der Waals surface area contributed by atoms with Crippen molar-refractivity contribution < 1.29 is 24.2 Å². The molecule has 2 amide bonds. The molecule has 3 aromatic carbocycles. The summed E-state index contributed by atoms with van der Waals surface area (Å²) in [6.45, 7) is 4.72. The first-order valence-corrected chi connectivity index (χ1v) is 13.4. The van der Waals surface area contributed by atoms with Crippen molar-refractivity contribution in [2.45, 2.75) is 38.7 Å². The molecule has 4 atom stereocenters. The lowest BCUT2D eigenvalue weighted by Gasteiger charge is -2.35. The van der Waals surface area contributed by atoms with Crippen molar-refractivity contribution >= 4 is 11.8 Å². The molecule has 0 unspecified atom stereocenters. The van der Waals surface area contributed by atoms with Crippen molar-refractivity contribution in [2.75, 3.05) is 33.9 Å². The molecule has 1 aliphatic rings. The zero-order valence-corrected chi connectivity index (χ0v) is 23.1. The Bertz CT molecular complexity index is 1260. The predicted molar refractivity (Wildman–Crippen MR) is 151 cm³/mol. The first-order chi connectivity index (χ1) is 18.8. The van der Waals surface area contributed by atoms with Crippen molar-refractivity contribution in [3.8, 4) is 11.1 Å².